The molecule has 3 aliphatic rings. The second kappa shape index (κ2) is 30.3. The number of aliphatic hydroxyl groups excluding tert-OH is 2. The van der Waals surface area contributed by atoms with Crippen LogP contribution in [0.4, 0.5) is 0 Å². The summed E-state index contributed by atoms with van der Waals surface area (Å²) < 4.78 is 81.0. The minimum Gasteiger partial charge on any atom is -0.387 e. The van der Waals surface area contributed by atoms with Gasteiger partial charge in [0.2, 0.25) is 0 Å². The van der Waals surface area contributed by atoms with E-state index in [9.17, 15) is 10.2 Å². The minimum absolute atomic E-state index is 0.0197. The van der Waals surface area contributed by atoms with E-state index in [1.807, 2.05) is 219 Å². The van der Waals surface area contributed by atoms with Crippen molar-refractivity contribution in [2.24, 2.45) is 0 Å². The second-order valence-corrected chi connectivity index (χ2v) is 20.7. The average Bonchev–Trinajstić information content (AvgIpc) is 3.56. The molecule has 2 N–H and O–H groups in total. The first-order valence-electron chi connectivity index (χ1n) is 28.0. The van der Waals surface area contributed by atoms with Gasteiger partial charge in [-0.15, -0.1) is 0 Å². The van der Waals surface area contributed by atoms with Gasteiger partial charge in [0, 0.05) is 6.42 Å². The SMILES string of the molecule is C[C@@H]1O[C@@H](O[C@@H]2[C@H](O)[C@@H](OCc3ccccc3)[C@H](O[C@H]3[C@H](OCc4ccccc4)[C@@H](OCc4ccccc4)[C@@H](O)O[C@@H]3COCc3ccccc3)O[C@@H]2COCc2ccccc2)C[C@H](OCc2ccccc2)[C@@H]1OCc1ccccc1. The molecule has 0 amide bonds. The number of rotatable bonds is 27. The van der Waals surface area contributed by atoms with Crippen LogP contribution in [0.1, 0.15) is 52.3 Å². The third kappa shape index (κ3) is 16.8. The van der Waals surface area contributed by atoms with Gasteiger partial charge in [-0.05, 0) is 45.9 Å². The van der Waals surface area contributed by atoms with E-state index < -0.39 is 86.0 Å². The molecule has 7 aromatic carbocycles. The predicted molar refractivity (Wildman–Crippen MR) is 302 cm³/mol. The molecule has 426 valence electrons. The molecule has 0 saturated carbocycles. The van der Waals surface area contributed by atoms with E-state index in [4.69, 9.17) is 56.8 Å². The number of aliphatic hydroxyl groups is 2. The number of hydrogen-bond acceptors (Lipinski definition) is 14. The third-order valence-corrected chi connectivity index (χ3v) is 14.7. The van der Waals surface area contributed by atoms with Crippen LogP contribution in [0, 0.1) is 0 Å². The molecule has 3 aliphatic heterocycles. The molecule has 0 unspecified atom stereocenters. The quantitative estimate of drug-likeness (QED) is 0.0503. The van der Waals surface area contributed by atoms with Crippen molar-refractivity contribution in [2.45, 2.75) is 146 Å². The van der Waals surface area contributed by atoms with Gasteiger partial charge in [-0.3, -0.25) is 0 Å². The van der Waals surface area contributed by atoms with Gasteiger partial charge in [0.15, 0.2) is 18.9 Å². The molecule has 0 spiro atoms. The Hall–Kier alpha value is -6.02. The first-order valence-corrected chi connectivity index (χ1v) is 28.0. The Labute approximate surface area is 475 Å². The van der Waals surface area contributed by atoms with Gasteiger partial charge < -0.3 is 67.1 Å². The van der Waals surface area contributed by atoms with Crippen molar-refractivity contribution in [1.82, 2.24) is 0 Å². The Bertz CT molecular complexity index is 2820. The van der Waals surface area contributed by atoms with Gasteiger partial charge in [-0.1, -0.05) is 212 Å². The lowest BCUT2D eigenvalue weighted by Crippen LogP contribution is -2.66. The van der Waals surface area contributed by atoms with Crippen LogP contribution in [-0.4, -0.2) is 109 Å². The molecule has 14 atom stereocenters. The molecule has 0 radical (unpaired) electrons. The van der Waals surface area contributed by atoms with Gasteiger partial charge in [-0.2, -0.15) is 0 Å². The summed E-state index contributed by atoms with van der Waals surface area (Å²) in [7, 11) is 0. The maximum absolute atomic E-state index is 13.1. The molecule has 10 rings (SSSR count). The highest BCUT2D eigenvalue weighted by Gasteiger charge is 2.54. The van der Waals surface area contributed by atoms with Crippen LogP contribution in [0.3, 0.4) is 0 Å². The Morgan fingerprint density at radius 3 is 1.15 bits per heavy atom. The molecular formula is C67H74O14. The van der Waals surface area contributed by atoms with Crippen LogP contribution in [0.5, 0.6) is 0 Å². The Kier molecular flexibility index (Phi) is 21.8. The summed E-state index contributed by atoms with van der Waals surface area (Å²) in [5.41, 5.74) is 6.56. The molecule has 3 fully saturated rings. The van der Waals surface area contributed by atoms with E-state index in [1.54, 1.807) is 0 Å². The molecule has 14 nitrogen and oxygen atoms in total. The van der Waals surface area contributed by atoms with Crippen molar-refractivity contribution < 1.29 is 67.1 Å². The van der Waals surface area contributed by atoms with Crippen LogP contribution < -0.4 is 0 Å². The van der Waals surface area contributed by atoms with E-state index in [-0.39, 0.29) is 52.7 Å². The standard InChI is InChI=1S/C67H74O14/c1-47-60(73-41-51-29-15-5-16-30-51)55(72-40-50-27-13-4-14-28-50)37-58(77-47)80-61-56(45-70-38-48-23-9-2-10-24-48)79-67(63(59(61)68)74-42-52-31-17-6-18-32-52)81-62-57(46-71-39-49-25-11-3-12-26-49)78-66(69)65(76-44-54-35-21-8-22-36-54)64(62)75-43-53-33-19-7-20-34-53/h2-36,47,55-69H,37-46H2,1H3/t47-,55-,56+,57+,58-,59-,60+,61-,62+,63+,64-,65+,66-,67-/m0/s1. The molecule has 0 aromatic heterocycles. The van der Waals surface area contributed by atoms with Gasteiger partial charge in [0.05, 0.1) is 71.7 Å². The summed E-state index contributed by atoms with van der Waals surface area (Å²) >= 11 is 0. The van der Waals surface area contributed by atoms with Crippen molar-refractivity contribution in [3.63, 3.8) is 0 Å². The minimum atomic E-state index is -1.46. The maximum Gasteiger partial charge on any atom is 0.187 e. The predicted octanol–water partition coefficient (Wildman–Crippen LogP) is 10.1. The molecule has 0 bridgehead atoms. The van der Waals surface area contributed by atoms with Crippen molar-refractivity contribution in [1.29, 1.82) is 0 Å². The zero-order valence-corrected chi connectivity index (χ0v) is 45.7. The highest BCUT2D eigenvalue weighted by molar-refractivity contribution is 5.19. The molecule has 7 aromatic rings. The topological polar surface area (TPSA) is 151 Å². The zero-order chi connectivity index (χ0) is 55.4. The first kappa shape index (κ1) is 58.2. The first-order chi connectivity index (χ1) is 39.9. The van der Waals surface area contributed by atoms with Crippen molar-refractivity contribution in [2.75, 3.05) is 13.2 Å². The fourth-order valence-electron chi connectivity index (χ4n) is 10.4. The van der Waals surface area contributed by atoms with Crippen molar-refractivity contribution in [3.05, 3.63) is 251 Å². The lowest BCUT2D eigenvalue weighted by molar-refractivity contribution is -0.381. The second-order valence-electron chi connectivity index (χ2n) is 20.7. The van der Waals surface area contributed by atoms with Crippen LogP contribution in [0.15, 0.2) is 212 Å². The van der Waals surface area contributed by atoms with E-state index in [1.165, 1.54) is 0 Å². The fraction of sp³-hybridized carbons (Fsp3) is 0.373. The highest BCUT2D eigenvalue weighted by atomic mass is 16.8. The Morgan fingerprint density at radius 1 is 0.358 bits per heavy atom. The molecule has 0 aliphatic carbocycles. The van der Waals surface area contributed by atoms with Crippen molar-refractivity contribution >= 4 is 0 Å². The smallest absolute Gasteiger partial charge is 0.187 e. The molecule has 3 saturated heterocycles. The van der Waals surface area contributed by atoms with Gasteiger partial charge in [0.1, 0.15) is 54.9 Å². The van der Waals surface area contributed by atoms with E-state index in [0.717, 1.165) is 38.9 Å². The summed E-state index contributed by atoms with van der Waals surface area (Å²) in [6.07, 6.45) is -13.5. The summed E-state index contributed by atoms with van der Waals surface area (Å²) in [4.78, 5) is 0. The van der Waals surface area contributed by atoms with E-state index in [0.29, 0.717) is 13.2 Å². The van der Waals surface area contributed by atoms with Crippen LogP contribution in [-0.2, 0) is 103 Å². The molecule has 81 heavy (non-hydrogen) atoms. The number of hydrogen-bond donors (Lipinski definition) is 2. The van der Waals surface area contributed by atoms with Crippen LogP contribution in [0.25, 0.3) is 0 Å². The Morgan fingerprint density at radius 2 is 0.716 bits per heavy atom. The Balaban J connectivity index is 0.969. The average molecular weight is 1100 g/mol. The highest BCUT2D eigenvalue weighted by Crippen LogP contribution is 2.37. The normalized spacial score (nSPS) is 27.6. The lowest BCUT2D eigenvalue weighted by atomic mass is 9.95. The summed E-state index contributed by atoms with van der Waals surface area (Å²) in [5.74, 6) is 0. The molecule has 3 heterocycles. The van der Waals surface area contributed by atoms with Gasteiger partial charge in [-0.25, -0.2) is 0 Å². The van der Waals surface area contributed by atoms with Gasteiger partial charge >= 0.3 is 0 Å². The molecular weight excluding hydrogens is 1030 g/mol. The summed E-state index contributed by atoms with van der Waals surface area (Å²) in [6.45, 7) is 3.47. The van der Waals surface area contributed by atoms with Crippen molar-refractivity contribution in [3.8, 4) is 0 Å². The third-order valence-electron chi connectivity index (χ3n) is 14.7. The summed E-state index contributed by atoms with van der Waals surface area (Å²) in [6, 6.07) is 68.7. The fourth-order valence-corrected chi connectivity index (χ4v) is 10.4. The summed E-state index contributed by atoms with van der Waals surface area (Å²) in [5, 5.41) is 25.1. The zero-order valence-electron chi connectivity index (χ0n) is 45.7. The lowest BCUT2D eigenvalue weighted by Gasteiger charge is -2.49. The van der Waals surface area contributed by atoms with Crippen LogP contribution in [0.2, 0.25) is 0 Å². The number of benzene rings is 7. The van der Waals surface area contributed by atoms with E-state index >= 15 is 0 Å². The van der Waals surface area contributed by atoms with Gasteiger partial charge in [0.25, 0.3) is 0 Å². The maximum atomic E-state index is 13.1. The van der Waals surface area contributed by atoms with Crippen LogP contribution >= 0.6 is 0 Å². The largest absolute Gasteiger partial charge is 0.387 e. The van der Waals surface area contributed by atoms with E-state index in [2.05, 4.69) is 0 Å². The molecule has 14 heteroatoms. The monoisotopic (exact) mass is 1100 g/mol. The number of ether oxygens (including phenoxy) is 12.